The number of aromatic nitrogens is 1. The number of nitrogens with zero attached hydrogens (tertiary/aromatic N) is 3. The van der Waals surface area contributed by atoms with Gasteiger partial charge in [-0.3, -0.25) is 14.6 Å². The summed E-state index contributed by atoms with van der Waals surface area (Å²) < 4.78 is 0. The van der Waals surface area contributed by atoms with Crippen molar-refractivity contribution < 1.29 is 14.7 Å². The van der Waals surface area contributed by atoms with Crippen LogP contribution >= 0.6 is 0 Å². The second-order valence-corrected chi connectivity index (χ2v) is 7.48. The molecule has 3 aromatic rings. The number of aromatic hydroxyl groups is 1. The Labute approximate surface area is 175 Å². The molecule has 2 amide bonds. The maximum atomic E-state index is 13.5. The van der Waals surface area contributed by atoms with Crippen LogP contribution in [0.5, 0.6) is 5.75 Å². The van der Waals surface area contributed by atoms with E-state index in [2.05, 4.69) is 4.98 Å². The molecule has 1 atom stereocenters. The van der Waals surface area contributed by atoms with E-state index in [0.717, 1.165) is 11.3 Å². The Morgan fingerprint density at radius 3 is 2.53 bits per heavy atom. The molecule has 0 aliphatic carbocycles. The van der Waals surface area contributed by atoms with Gasteiger partial charge in [0.25, 0.3) is 0 Å². The van der Waals surface area contributed by atoms with Gasteiger partial charge in [-0.05, 0) is 43.3 Å². The molecule has 2 aromatic carbocycles. The molecule has 0 spiro atoms. The van der Waals surface area contributed by atoms with Crippen LogP contribution in [-0.4, -0.2) is 28.4 Å². The molecule has 1 N–H and O–H groups in total. The van der Waals surface area contributed by atoms with Crippen LogP contribution in [0.2, 0.25) is 0 Å². The highest BCUT2D eigenvalue weighted by molar-refractivity contribution is 6.04. The van der Waals surface area contributed by atoms with Gasteiger partial charge in [-0.15, -0.1) is 0 Å². The predicted molar refractivity (Wildman–Crippen MR) is 115 cm³/mol. The predicted octanol–water partition coefficient (Wildman–Crippen LogP) is 3.68. The van der Waals surface area contributed by atoms with Crippen LogP contribution in [0.3, 0.4) is 0 Å². The van der Waals surface area contributed by atoms with Crippen molar-refractivity contribution in [3.8, 4) is 5.75 Å². The molecule has 1 aliphatic rings. The molecule has 1 unspecified atom stereocenters. The van der Waals surface area contributed by atoms with Crippen molar-refractivity contribution in [1.29, 1.82) is 0 Å². The summed E-state index contributed by atoms with van der Waals surface area (Å²) in [6.45, 7) is 2.52. The average Bonchev–Trinajstić information content (AvgIpc) is 3.15. The SMILES string of the molecule is Cc1ccc(N2CC(C(=O)N(Cc3ccccn3)c3ccccc3O)CC2=O)cc1. The minimum atomic E-state index is -0.498. The smallest absolute Gasteiger partial charge is 0.232 e. The lowest BCUT2D eigenvalue weighted by atomic mass is 10.1. The second-order valence-electron chi connectivity index (χ2n) is 7.48. The lowest BCUT2D eigenvalue weighted by molar-refractivity contribution is -0.124. The number of benzene rings is 2. The van der Waals surface area contributed by atoms with Gasteiger partial charge in [0.1, 0.15) is 5.75 Å². The van der Waals surface area contributed by atoms with Crippen LogP contribution in [-0.2, 0) is 16.1 Å². The summed E-state index contributed by atoms with van der Waals surface area (Å²) in [6, 6.07) is 19.9. The Bertz CT molecular complexity index is 1050. The first-order valence-electron chi connectivity index (χ1n) is 9.89. The van der Waals surface area contributed by atoms with Crippen molar-refractivity contribution in [3.63, 3.8) is 0 Å². The highest BCUT2D eigenvalue weighted by atomic mass is 16.3. The summed E-state index contributed by atoms with van der Waals surface area (Å²) in [6.07, 6.45) is 1.81. The summed E-state index contributed by atoms with van der Waals surface area (Å²) in [5.41, 5.74) is 3.02. The summed E-state index contributed by atoms with van der Waals surface area (Å²) in [4.78, 5) is 33.6. The average molecular weight is 401 g/mol. The number of pyridine rings is 1. The number of hydrogen-bond donors (Lipinski definition) is 1. The molecule has 152 valence electrons. The van der Waals surface area contributed by atoms with Crippen molar-refractivity contribution in [2.75, 3.05) is 16.3 Å². The summed E-state index contributed by atoms with van der Waals surface area (Å²) in [5, 5.41) is 10.4. The Balaban J connectivity index is 1.61. The maximum Gasteiger partial charge on any atom is 0.232 e. The van der Waals surface area contributed by atoms with Crippen LogP contribution < -0.4 is 9.80 Å². The standard InChI is InChI=1S/C24H23N3O3/c1-17-9-11-20(12-10-17)26-15-18(14-23(26)29)24(30)27(16-19-6-4-5-13-25-19)21-7-2-3-8-22(21)28/h2-13,18,28H,14-16H2,1H3. The van der Waals surface area contributed by atoms with E-state index < -0.39 is 5.92 Å². The molecule has 0 saturated carbocycles. The van der Waals surface area contributed by atoms with Gasteiger partial charge in [-0.1, -0.05) is 35.9 Å². The zero-order chi connectivity index (χ0) is 21.1. The van der Waals surface area contributed by atoms with Crippen LogP contribution in [0.1, 0.15) is 17.7 Å². The lowest BCUT2D eigenvalue weighted by Gasteiger charge is -2.26. The molecular formula is C24H23N3O3. The van der Waals surface area contributed by atoms with Gasteiger partial charge in [0.2, 0.25) is 11.8 Å². The zero-order valence-corrected chi connectivity index (χ0v) is 16.7. The molecule has 30 heavy (non-hydrogen) atoms. The minimum absolute atomic E-state index is 0.0153. The van der Waals surface area contributed by atoms with E-state index in [4.69, 9.17) is 0 Å². The number of carbonyl (C=O) groups excluding carboxylic acids is 2. The van der Waals surface area contributed by atoms with Gasteiger partial charge in [-0.2, -0.15) is 0 Å². The molecule has 2 heterocycles. The number of phenolic OH excluding ortho intramolecular Hbond substituents is 1. The fourth-order valence-corrected chi connectivity index (χ4v) is 3.70. The molecule has 0 radical (unpaired) electrons. The summed E-state index contributed by atoms with van der Waals surface area (Å²) >= 11 is 0. The summed E-state index contributed by atoms with van der Waals surface area (Å²) in [7, 11) is 0. The van der Waals surface area contributed by atoms with Crippen LogP contribution in [0.25, 0.3) is 0 Å². The lowest BCUT2D eigenvalue weighted by Crippen LogP contribution is -2.37. The Hall–Kier alpha value is -3.67. The van der Waals surface area contributed by atoms with E-state index in [1.54, 1.807) is 35.4 Å². The van der Waals surface area contributed by atoms with Crippen molar-refractivity contribution in [3.05, 3.63) is 84.2 Å². The van der Waals surface area contributed by atoms with Crippen molar-refractivity contribution in [1.82, 2.24) is 4.98 Å². The van der Waals surface area contributed by atoms with Crippen molar-refractivity contribution in [2.24, 2.45) is 5.92 Å². The Morgan fingerprint density at radius 1 is 1.10 bits per heavy atom. The van der Waals surface area contributed by atoms with Gasteiger partial charge in [0, 0.05) is 24.8 Å². The number of para-hydroxylation sites is 2. The first kappa shape index (κ1) is 19.6. The second kappa shape index (κ2) is 8.37. The minimum Gasteiger partial charge on any atom is -0.506 e. The highest BCUT2D eigenvalue weighted by Crippen LogP contribution is 2.32. The van der Waals surface area contributed by atoms with E-state index in [-0.39, 0.29) is 30.5 Å². The van der Waals surface area contributed by atoms with Crippen molar-refractivity contribution in [2.45, 2.75) is 19.9 Å². The first-order chi connectivity index (χ1) is 14.5. The van der Waals surface area contributed by atoms with Gasteiger partial charge in [-0.25, -0.2) is 0 Å². The molecule has 6 nitrogen and oxygen atoms in total. The third-order valence-corrected chi connectivity index (χ3v) is 5.30. The van der Waals surface area contributed by atoms with E-state index in [9.17, 15) is 14.7 Å². The molecule has 6 heteroatoms. The maximum absolute atomic E-state index is 13.5. The zero-order valence-electron chi connectivity index (χ0n) is 16.7. The van der Waals surface area contributed by atoms with Crippen LogP contribution in [0.4, 0.5) is 11.4 Å². The van der Waals surface area contributed by atoms with Gasteiger partial charge in [0.15, 0.2) is 0 Å². The van der Waals surface area contributed by atoms with E-state index in [1.807, 2.05) is 49.4 Å². The number of aryl methyl sites for hydroxylation is 1. The molecule has 1 saturated heterocycles. The van der Waals surface area contributed by atoms with Gasteiger partial charge in [0.05, 0.1) is 23.8 Å². The topological polar surface area (TPSA) is 73.7 Å². The summed E-state index contributed by atoms with van der Waals surface area (Å²) in [5.74, 6) is -0.763. The molecule has 1 fully saturated rings. The quantitative estimate of drug-likeness (QED) is 0.708. The monoisotopic (exact) mass is 401 g/mol. The van der Waals surface area contributed by atoms with E-state index in [0.29, 0.717) is 17.9 Å². The number of hydrogen-bond acceptors (Lipinski definition) is 4. The molecular weight excluding hydrogens is 378 g/mol. The normalized spacial score (nSPS) is 16.0. The Morgan fingerprint density at radius 2 is 1.83 bits per heavy atom. The third-order valence-electron chi connectivity index (χ3n) is 5.30. The Kier molecular flexibility index (Phi) is 5.48. The van der Waals surface area contributed by atoms with E-state index >= 15 is 0 Å². The molecule has 0 bridgehead atoms. The first-order valence-corrected chi connectivity index (χ1v) is 9.89. The largest absolute Gasteiger partial charge is 0.506 e. The number of phenols is 1. The van der Waals surface area contributed by atoms with Gasteiger partial charge >= 0.3 is 0 Å². The number of rotatable bonds is 5. The fourth-order valence-electron chi connectivity index (χ4n) is 3.70. The number of amides is 2. The van der Waals surface area contributed by atoms with E-state index in [1.165, 1.54) is 4.90 Å². The fraction of sp³-hybridized carbons (Fsp3) is 0.208. The van der Waals surface area contributed by atoms with Crippen molar-refractivity contribution >= 4 is 23.2 Å². The highest BCUT2D eigenvalue weighted by Gasteiger charge is 2.38. The molecule has 1 aromatic heterocycles. The van der Waals surface area contributed by atoms with Crippen LogP contribution in [0.15, 0.2) is 72.9 Å². The number of carbonyl (C=O) groups is 2. The number of anilines is 2. The van der Waals surface area contributed by atoms with Gasteiger partial charge < -0.3 is 14.9 Å². The molecule has 4 rings (SSSR count). The third kappa shape index (κ3) is 4.03. The van der Waals surface area contributed by atoms with Crippen LogP contribution in [0, 0.1) is 12.8 Å². The molecule has 1 aliphatic heterocycles.